The highest BCUT2D eigenvalue weighted by Gasteiger charge is 2.18. The molecule has 0 aliphatic carbocycles. The molecule has 1 N–H and O–H groups in total. The van der Waals surface area contributed by atoms with Crippen molar-refractivity contribution in [3.63, 3.8) is 0 Å². The van der Waals surface area contributed by atoms with Crippen LogP contribution in [-0.4, -0.2) is 32.8 Å². The Morgan fingerprint density at radius 3 is 2.71 bits per heavy atom. The molecule has 0 bridgehead atoms. The van der Waals surface area contributed by atoms with Crippen molar-refractivity contribution in [1.82, 2.24) is 5.32 Å². The molecule has 3 nitrogen and oxygen atoms in total. The topological polar surface area (TPSA) is 24.5 Å². The molecule has 1 fully saturated rings. The first-order valence-electron chi connectivity index (χ1n) is 7.87. The van der Waals surface area contributed by atoms with E-state index in [1.54, 1.807) is 0 Å². The van der Waals surface area contributed by atoms with Gasteiger partial charge in [-0.2, -0.15) is 0 Å². The van der Waals surface area contributed by atoms with Crippen LogP contribution < -0.4 is 10.2 Å². The number of halogens is 1. The van der Waals surface area contributed by atoms with Crippen LogP contribution in [0.5, 0.6) is 0 Å². The summed E-state index contributed by atoms with van der Waals surface area (Å²) >= 11 is 6.41. The first kappa shape index (κ1) is 16.6. The van der Waals surface area contributed by atoms with Gasteiger partial charge in [-0.25, -0.2) is 0 Å². The Balaban J connectivity index is 2.07. The fourth-order valence-electron chi connectivity index (χ4n) is 2.80. The molecule has 0 unspecified atom stereocenters. The van der Waals surface area contributed by atoms with E-state index in [0.29, 0.717) is 12.0 Å². The van der Waals surface area contributed by atoms with E-state index in [0.717, 1.165) is 44.2 Å². The normalized spacial score (nSPS) is 16.4. The molecule has 1 aromatic rings. The maximum absolute atomic E-state index is 6.41. The van der Waals surface area contributed by atoms with Gasteiger partial charge in [0.15, 0.2) is 0 Å². The van der Waals surface area contributed by atoms with Gasteiger partial charge in [0.05, 0.1) is 0 Å². The molecule has 0 saturated carbocycles. The number of hydrogen-bond donors (Lipinski definition) is 1. The predicted octanol–water partition coefficient (Wildman–Crippen LogP) is 3.70. The number of nitrogens with one attached hydrogen (secondary N) is 1. The summed E-state index contributed by atoms with van der Waals surface area (Å²) in [5.74, 6) is 0.716. The van der Waals surface area contributed by atoms with Crippen molar-refractivity contribution >= 4 is 17.3 Å². The number of ether oxygens (including phenoxy) is 1. The fourth-order valence-corrected chi connectivity index (χ4v) is 3.04. The largest absolute Gasteiger partial charge is 0.381 e. The summed E-state index contributed by atoms with van der Waals surface area (Å²) in [5.41, 5.74) is 2.43. The van der Waals surface area contributed by atoms with Crippen molar-refractivity contribution in [3.8, 4) is 0 Å². The average molecular weight is 311 g/mol. The summed E-state index contributed by atoms with van der Waals surface area (Å²) in [5, 5.41) is 4.32. The minimum atomic E-state index is 0.454. The molecule has 0 radical (unpaired) electrons. The van der Waals surface area contributed by atoms with Crippen LogP contribution >= 0.6 is 11.6 Å². The van der Waals surface area contributed by atoms with Crippen molar-refractivity contribution in [2.24, 2.45) is 5.92 Å². The van der Waals surface area contributed by atoms with Gasteiger partial charge in [-0.1, -0.05) is 31.5 Å². The predicted molar refractivity (Wildman–Crippen MR) is 90.2 cm³/mol. The van der Waals surface area contributed by atoms with Crippen molar-refractivity contribution in [1.29, 1.82) is 0 Å². The summed E-state index contributed by atoms with van der Waals surface area (Å²) in [6, 6.07) is 6.64. The molecule has 2 rings (SSSR count). The molecule has 1 saturated heterocycles. The Bertz CT molecular complexity index is 444. The highest BCUT2D eigenvalue weighted by molar-refractivity contribution is 6.31. The number of nitrogens with zero attached hydrogens (tertiary/aromatic N) is 1. The first-order chi connectivity index (χ1) is 10.1. The molecule has 4 heteroatoms. The van der Waals surface area contributed by atoms with Gasteiger partial charge in [-0.3, -0.25) is 0 Å². The molecule has 21 heavy (non-hydrogen) atoms. The zero-order chi connectivity index (χ0) is 15.2. The first-order valence-corrected chi connectivity index (χ1v) is 8.25. The molecular formula is C17H27ClN2O. The molecule has 0 spiro atoms. The molecule has 1 aliphatic heterocycles. The Morgan fingerprint density at radius 2 is 2.05 bits per heavy atom. The van der Waals surface area contributed by atoms with Gasteiger partial charge in [-0.05, 0) is 30.9 Å². The van der Waals surface area contributed by atoms with E-state index in [2.05, 4.69) is 37.2 Å². The SMILES string of the molecule is CC(C)NCc1c(Cl)cccc1N(C)CC1CCOCC1. The van der Waals surface area contributed by atoms with Crippen molar-refractivity contribution in [3.05, 3.63) is 28.8 Å². The van der Waals surface area contributed by atoms with Crippen LogP contribution in [0.1, 0.15) is 32.3 Å². The maximum Gasteiger partial charge on any atom is 0.0471 e. The lowest BCUT2D eigenvalue weighted by molar-refractivity contribution is 0.0685. The average Bonchev–Trinajstić information content (AvgIpc) is 2.46. The Morgan fingerprint density at radius 1 is 1.33 bits per heavy atom. The summed E-state index contributed by atoms with van der Waals surface area (Å²) < 4.78 is 5.45. The van der Waals surface area contributed by atoms with Gasteiger partial charge < -0.3 is 15.0 Å². The molecule has 0 atom stereocenters. The minimum absolute atomic E-state index is 0.454. The zero-order valence-corrected chi connectivity index (χ0v) is 14.1. The van der Waals surface area contributed by atoms with E-state index >= 15 is 0 Å². The number of hydrogen-bond acceptors (Lipinski definition) is 3. The molecular weight excluding hydrogens is 284 g/mol. The zero-order valence-electron chi connectivity index (χ0n) is 13.4. The molecule has 118 valence electrons. The smallest absolute Gasteiger partial charge is 0.0471 e. The highest BCUT2D eigenvalue weighted by atomic mass is 35.5. The van der Waals surface area contributed by atoms with Gasteiger partial charge in [0.1, 0.15) is 0 Å². The summed E-state index contributed by atoms with van der Waals surface area (Å²) in [6.45, 7) is 7.99. The second-order valence-corrected chi connectivity index (χ2v) is 6.62. The molecule has 1 aliphatic rings. The van der Waals surface area contributed by atoms with Gasteiger partial charge in [-0.15, -0.1) is 0 Å². The van der Waals surface area contributed by atoms with Crippen LogP contribution in [0.4, 0.5) is 5.69 Å². The number of anilines is 1. The Labute approximate surface area is 133 Å². The minimum Gasteiger partial charge on any atom is -0.381 e. The second kappa shape index (κ2) is 8.02. The van der Waals surface area contributed by atoms with Crippen LogP contribution in [-0.2, 0) is 11.3 Å². The number of benzene rings is 1. The molecule has 1 heterocycles. The van der Waals surface area contributed by atoms with Crippen molar-refractivity contribution < 1.29 is 4.74 Å². The van der Waals surface area contributed by atoms with Gasteiger partial charge in [0, 0.05) is 55.7 Å². The van der Waals surface area contributed by atoms with E-state index in [1.807, 2.05) is 12.1 Å². The van der Waals surface area contributed by atoms with Crippen LogP contribution in [0.2, 0.25) is 5.02 Å². The van der Waals surface area contributed by atoms with Gasteiger partial charge in [0.25, 0.3) is 0 Å². The lowest BCUT2D eigenvalue weighted by Gasteiger charge is -2.30. The van der Waals surface area contributed by atoms with E-state index < -0.39 is 0 Å². The van der Waals surface area contributed by atoms with E-state index in [1.165, 1.54) is 11.3 Å². The molecule has 0 amide bonds. The summed E-state index contributed by atoms with van der Waals surface area (Å²) in [4.78, 5) is 2.35. The summed E-state index contributed by atoms with van der Waals surface area (Å²) in [6.07, 6.45) is 2.31. The standard InChI is InChI=1S/C17H27ClN2O/c1-13(2)19-11-15-16(18)5-4-6-17(15)20(3)12-14-7-9-21-10-8-14/h4-6,13-14,19H,7-12H2,1-3H3. The van der Waals surface area contributed by atoms with Crippen LogP contribution in [0.15, 0.2) is 18.2 Å². The van der Waals surface area contributed by atoms with Gasteiger partial charge >= 0.3 is 0 Å². The third-order valence-electron chi connectivity index (χ3n) is 4.07. The number of rotatable bonds is 6. The van der Waals surface area contributed by atoms with Crippen LogP contribution in [0, 0.1) is 5.92 Å². The third kappa shape index (κ3) is 4.87. The van der Waals surface area contributed by atoms with Crippen LogP contribution in [0.3, 0.4) is 0 Å². The van der Waals surface area contributed by atoms with Crippen molar-refractivity contribution in [2.75, 3.05) is 31.7 Å². The highest BCUT2D eigenvalue weighted by Crippen LogP contribution is 2.28. The van der Waals surface area contributed by atoms with Crippen LogP contribution in [0.25, 0.3) is 0 Å². The van der Waals surface area contributed by atoms with Crippen molar-refractivity contribution in [2.45, 2.75) is 39.3 Å². The second-order valence-electron chi connectivity index (χ2n) is 6.21. The quantitative estimate of drug-likeness (QED) is 0.867. The van der Waals surface area contributed by atoms with Gasteiger partial charge in [0.2, 0.25) is 0 Å². The Kier molecular flexibility index (Phi) is 6.34. The van der Waals surface area contributed by atoms with E-state index in [9.17, 15) is 0 Å². The summed E-state index contributed by atoms with van der Waals surface area (Å²) in [7, 11) is 2.17. The van der Waals surface area contributed by atoms with E-state index in [4.69, 9.17) is 16.3 Å². The monoisotopic (exact) mass is 310 g/mol. The molecule has 0 aromatic heterocycles. The van der Waals surface area contributed by atoms with E-state index in [-0.39, 0.29) is 0 Å². The fraction of sp³-hybridized carbons (Fsp3) is 0.647. The Hall–Kier alpha value is -0.770. The maximum atomic E-state index is 6.41. The molecule has 1 aromatic carbocycles. The third-order valence-corrected chi connectivity index (χ3v) is 4.42. The lowest BCUT2D eigenvalue weighted by atomic mass is 9.99. The lowest BCUT2D eigenvalue weighted by Crippen LogP contribution is -2.31.